The lowest BCUT2D eigenvalue weighted by atomic mass is 10.0. The van der Waals surface area contributed by atoms with E-state index in [4.69, 9.17) is 0 Å². The van der Waals surface area contributed by atoms with Crippen molar-refractivity contribution in [3.8, 4) is 0 Å². The van der Waals surface area contributed by atoms with Gasteiger partial charge in [-0.2, -0.15) is 0 Å². The lowest BCUT2D eigenvalue weighted by Crippen LogP contribution is -2.38. The van der Waals surface area contributed by atoms with Crippen LogP contribution in [0, 0.1) is 5.92 Å². The van der Waals surface area contributed by atoms with Crippen molar-refractivity contribution < 1.29 is 9.90 Å². The summed E-state index contributed by atoms with van der Waals surface area (Å²) in [6, 6.07) is 0. The van der Waals surface area contributed by atoms with Crippen molar-refractivity contribution in [3.63, 3.8) is 0 Å². The minimum Gasteiger partial charge on any atom is -0.383 e. The number of carbonyl (C=O) groups excluding carboxylic acids is 1. The molecule has 0 spiro atoms. The fourth-order valence-corrected chi connectivity index (χ4v) is 1.84. The van der Waals surface area contributed by atoms with Crippen molar-refractivity contribution in [2.75, 3.05) is 6.54 Å². The zero-order chi connectivity index (χ0) is 9.68. The van der Waals surface area contributed by atoms with Crippen molar-refractivity contribution in [3.05, 3.63) is 0 Å². The monoisotopic (exact) mass is 185 g/mol. The Morgan fingerprint density at radius 1 is 1.54 bits per heavy atom. The van der Waals surface area contributed by atoms with Gasteiger partial charge >= 0.3 is 0 Å². The van der Waals surface area contributed by atoms with Crippen LogP contribution < -0.4 is 5.32 Å². The van der Waals surface area contributed by atoms with Gasteiger partial charge in [0, 0.05) is 6.54 Å². The Morgan fingerprint density at radius 3 is 2.69 bits per heavy atom. The highest BCUT2D eigenvalue weighted by Crippen LogP contribution is 2.27. The highest BCUT2D eigenvalue weighted by atomic mass is 16.3. The molecule has 13 heavy (non-hydrogen) atoms. The smallest absolute Gasteiger partial charge is 0.249 e. The van der Waals surface area contributed by atoms with Crippen LogP contribution in [0.1, 0.15) is 39.0 Å². The van der Waals surface area contributed by atoms with Gasteiger partial charge < -0.3 is 10.4 Å². The number of hydrogen-bond acceptors (Lipinski definition) is 2. The third-order valence-electron chi connectivity index (χ3n) is 2.66. The molecule has 2 N–H and O–H groups in total. The molecule has 0 heterocycles. The number of aliphatic hydroxyl groups excluding tert-OH is 1. The molecule has 1 aliphatic carbocycles. The zero-order valence-electron chi connectivity index (χ0n) is 8.25. The highest BCUT2D eigenvalue weighted by Gasteiger charge is 2.28. The van der Waals surface area contributed by atoms with Crippen LogP contribution in [0.25, 0.3) is 0 Å². The molecule has 0 aromatic rings. The maximum atomic E-state index is 11.3. The molecule has 0 aromatic heterocycles. The summed E-state index contributed by atoms with van der Waals surface area (Å²) in [6.45, 7) is 2.67. The first-order valence-electron chi connectivity index (χ1n) is 5.21. The molecule has 0 saturated heterocycles. The van der Waals surface area contributed by atoms with Crippen LogP contribution in [0.4, 0.5) is 0 Å². The molecule has 0 aliphatic heterocycles. The van der Waals surface area contributed by atoms with Crippen molar-refractivity contribution >= 4 is 5.91 Å². The van der Waals surface area contributed by atoms with Crippen LogP contribution in [-0.4, -0.2) is 23.7 Å². The second-order valence-electron chi connectivity index (χ2n) is 3.78. The van der Waals surface area contributed by atoms with E-state index in [1.54, 1.807) is 0 Å². The molecule has 1 amide bonds. The molecule has 1 atom stereocenters. The molecule has 76 valence electrons. The van der Waals surface area contributed by atoms with E-state index in [1.165, 1.54) is 0 Å². The van der Waals surface area contributed by atoms with Gasteiger partial charge in [-0.25, -0.2) is 0 Å². The molecule has 1 aliphatic rings. The van der Waals surface area contributed by atoms with E-state index < -0.39 is 6.10 Å². The second kappa shape index (κ2) is 5.22. The van der Waals surface area contributed by atoms with Crippen molar-refractivity contribution in [2.45, 2.75) is 45.1 Å². The molecule has 3 nitrogen and oxygen atoms in total. The summed E-state index contributed by atoms with van der Waals surface area (Å²) >= 11 is 0. The third kappa shape index (κ3) is 2.99. The van der Waals surface area contributed by atoms with Gasteiger partial charge in [-0.3, -0.25) is 4.79 Å². The lowest BCUT2D eigenvalue weighted by molar-refractivity contribution is -0.131. The van der Waals surface area contributed by atoms with E-state index in [-0.39, 0.29) is 11.8 Å². The Hall–Kier alpha value is -0.570. The summed E-state index contributed by atoms with van der Waals surface area (Å²) in [4.78, 5) is 11.3. The number of rotatable bonds is 4. The third-order valence-corrected chi connectivity index (χ3v) is 2.66. The number of amides is 1. The molecule has 0 aromatic carbocycles. The summed E-state index contributed by atoms with van der Waals surface area (Å²) in [6.07, 6.45) is 4.46. The summed E-state index contributed by atoms with van der Waals surface area (Å²) in [5, 5.41) is 12.4. The van der Waals surface area contributed by atoms with E-state index in [0.717, 1.165) is 32.1 Å². The first-order valence-corrected chi connectivity index (χ1v) is 5.21. The fraction of sp³-hybridized carbons (Fsp3) is 0.900. The molecule has 3 heteroatoms. The second-order valence-corrected chi connectivity index (χ2v) is 3.78. The zero-order valence-corrected chi connectivity index (χ0v) is 8.25. The maximum Gasteiger partial charge on any atom is 0.249 e. The molecule has 1 unspecified atom stereocenters. The lowest BCUT2D eigenvalue weighted by Gasteiger charge is -2.16. The largest absolute Gasteiger partial charge is 0.383 e. The molecule has 1 rings (SSSR count). The predicted molar refractivity (Wildman–Crippen MR) is 51.3 cm³/mol. The minimum absolute atomic E-state index is 0.186. The quantitative estimate of drug-likeness (QED) is 0.688. The first-order chi connectivity index (χ1) is 6.25. The number of carbonyl (C=O) groups is 1. The van der Waals surface area contributed by atoms with E-state index in [9.17, 15) is 9.90 Å². The van der Waals surface area contributed by atoms with Crippen LogP contribution in [0.3, 0.4) is 0 Å². The molecular formula is C10H19NO2. The predicted octanol–water partition coefficient (Wildman–Crippen LogP) is 1.06. The summed E-state index contributed by atoms with van der Waals surface area (Å²) < 4.78 is 0. The summed E-state index contributed by atoms with van der Waals surface area (Å²) in [5.41, 5.74) is 0. The van der Waals surface area contributed by atoms with E-state index in [0.29, 0.717) is 6.54 Å². The average Bonchev–Trinajstić information content (AvgIpc) is 2.65. The molecule has 1 fully saturated rings. The Labute approximate surface area is 79.5 Å². The van der Waals surface area contributed by atoms with Gasteiger partial charge in [-0.05, 0) is 25.2 Å². The molecule has 0 radical (unpaired) electrons. The number of nitrogens with one attached hydrogen (secondary N) is 1. The normalized spacial score (nSPS) is 20.2. The van der Waals surface area contributed by atoms with E-state index in [2.05, 4.69) is 5.32 Å². The number of aliphatic hydroxyl groups is 1. The maximum absolute atomic E-state index is 11.3. The highest BCUT2D eigenvalue weighted by molar-refractivity contribution is 5.80. The Kier molecular flexibility index (Phi) is 4.22. The van der Waals surface area contributed by atoms with Crippen LogP contribution in [0.5, 0.6) is 0 Å². The standard InChI is InChI=1S/C10H19NO2/c1-2-7-11-10(13)9(12)8-5-3-4-6-8/h8-9,12H,2-7H2,1H3,(H,11,13). The van der Waals surface area contributed by atoms with Gasteiger partial charge in [0.1, 0.15) is 6.10 Å². The van der Waals surface area contributed by atoms with Gasteiger partial charge in [0.25, 0.3) is 0 Å². The van der Waals surface area contributed by atoms with Crippen LogP contribution in [0.15, 0.2) is 0 Å². The van der Waals surface area contributed by atoms with Gasteiger partial charge in [0.2, 0.25) is 5.91 Å². The van der Waals surface area contributed by atoms with Crippen molar-refractivity contribution in [2.24, 2.45) is 5.92 Å². The van der Waals surface area contributed by atoms with E-state index in [1.807, 2.05) is 6.92 Å². The fourth-order valence-electron chi connectivity index (χ4n) is 1.84. The molecule has 0 bridgehead atoms. The molecule has 1 saturated carbocycles. The van der Waals surface area contributed by atoms with Gasteiger partial charge in [0.05, 0.1) is 0 Å². The Bertz CT molecular complexity index is 164. The minimum atomic E-state index is -0.769. The molecular weight excluding hydrogens is 166 g/mol. The Morgan fingerprint density at radius 2 is 2.15 bits per heavy atom. The van der Waals surface area contributed by atoms with Gasteiger partial charge in [-0.15, -0.1) is 0 Å². The van der Waals surface area contributed by atoms with Crippen LogP contribution >= 0.6 is 0 Å². The summed E-state index contributed by atoms with van der Waals surface area (Å²) in [5.74, 6) is 0.0191. The average molecular weight is 185 g/mol. The van der Waals surface area contributed by atoms with Gasteiger partial charge in [0.15, 0.2) is 0 Å². The van der Waals surface area contributed by atoms with Crippen molar-refractivity contribution in [1.82, 2.24) is 5.32 Å². The first kappa shape index (κ1) is 10.5. The van der Waals surface area contributed by atoms with Crippen LogP contribution in [-0.2, 0) is 4.79 Å². The van der Waals surface area contributed by atoms with E-state index >= 15 is 0 Å². The van der Waals surface area contributed by atoms with Crippen LogP contribution in [0.2, 0.25) is 0 Å². The summed E-state index contributed by atoms with van der Waals surface area (Å²) in [7, 11) is 0. The topological polar surface area (TPSA) is 49.3 Å². The van der Waals surface area contributed by atoms with Crippen molar-refractivity contribution in [1.29, 1.82) is 0 Å². The SMILES string of the molecule is CCCNC(=O)C(O)C1CCCC1. The number of hydrogen-bond donors (Lipinski definition) is 2. The van der Waals surface area contributed by atoms with Gasteiger partial charge in [-0.1, -0.05) is 19.8 Å². The Balaban J connectivity index is 2.28.